The third kappa shape index (κ3) is 3.06. The molecule has 1 N–H and O–H groups in total. The Labute approximate surface area is 131 Å². The zero-order chi connectivity index (χ0) is 14.8. The molecule has 0 aromatic heterocycles. The van der Waals surface area contributed by atoms with Crippen LogP contribution in [-0.4, -0.2) is 44.3 Å². The van der Waals surface area contributed by atoms with Crippen molar-refractivity contribution in [3.8, 4) is 11.5 Å². The highest BCUT2D eigenvalue weighted by atomic mass is 35.5. The van der Waals surface area contributed by atoms with Crippen LogP contribution in [0.15, 0.2) is 12.1 Å². The lowest BCUT2D eigenvalue weighted by molar-refractivity contribution is 0.188. The van der Waals surface area contributed by atoms with Gasteiger partial charge in [0.05, 0.1) is 24.9 Å². The zero-order valence-electron chi connectivity index (χ0n) is 12.7. The van der Waals surface area contributed by atoms with Gasteiger partial charge in [-0.15, -0.1) is 0 Å². The number of halogens is 1. The van der Waals surface area contributed by atoms with Crippen molar-refractivity contribution >= 4 is 17.3 Å². The number of benzene rings is 1. The first-order chi connectivity index (χ1) is 10.2. The number of fused-ring (bicyclic) bond motifs is 1. The van der Waals surface area contributed by atoms with E-state index in [0.717, 1.165) is 11.7 Å². The number of piperidine rings is 1. The fourth-order valence-electron chi connectivity index (χ4n) is 3.54. The second-order valence-electron chi connectivity index (χ2n) is 5.88. The number of nitrogens with one attached hydrogen (secondary N) is 1. The van der Waals surface area contributed by atoms with E-state index < -0.39 is 0 Å². The maximum atomic E-state index is 6.36. The van der Waals surface area contributed by atoms with E-state index in [9.17, 15) is 0 Å². The summed E-state index contributed by atoms with van der Waals surface area (Å²) in [6.45, 7) is 2.46. The minimum absolute atomic E-state index is 0.486. The maximum absolute atomic E-state index is 6.36. The molecular formula is C16H23ClN2O2. The van der Waals surface area contributed by atoms with Crippen LogP contribution in [0.25, 0.3) is 0 Å². The Morgan fingerprint density at radius 3 is 2.67 bits per heavy atom. The summed E-state index contributed by atoms with van der Waals surface area (Å²) in [5, 5.41) is 4.28. The highest BCUT2D eigenvalue weighted by molar-refractivity contribution is 6.33. The molecular weight excluding hydrogens is 288 g/mol. The molecule has 2 saturated heterocycles. The fourth-order valence-corrected chi connectivity index (χ4v) is 3.75. The van der Waals surface area contributed by atoms with Crippen molar-refractivity contribution in [3.63, 3.8) is 0 Å². The standard InChI is InChI=1S/C16H23ClN2O2/c1-20-15-9-13(17)14(10-16(15)21-2)18-11-5-7-19-6-3-4-12(19)8-11/h9-12,18H,3-8H2,1-2H3. The average Bonchev–Trinajstić information content (AvgIpc) is 2.96. The molecule has 2 aliphatic heterocycles. The second-order valence-corrected chi connectivity index (χ2v) is 6.29. The second kappa shape index (κ2) is 6.32. The van der Waals surface area contributed by atoms with E-state index in [-0.39, 0.29) is 0 Å². The van der Waals surface area contributed by atoms with Crippen LogP contribution in [0.2, 0.25) is 5.02 Å². The Morgan fingerprint density at radius 1 is 1.14 bits per heavy atom. The molecule has 0 saturated carbocycles. The molecule has 2 unspecified atom stereocenters. The highest BCUT2D eigenvalue weighted by Crippen LogP contribution is 2.37. The minimum atomic E-state index is 0.486. The number of nitrogens with zero attached hydrogens (tertiary/aromatic N) is 1. The first-order valence-electron chi connectivity index (χ1n) is 7.63. The van der Waals surface area contributed by atoms with Gasteiger partial charge in [-0.3, -0.25) is 0 Å². The van der Waals surface area contributed by atoms with Crippen LogP contribution in [0, 0.1) is 0 Å². The number of hydrogen-bond donors (Lipinski definition) is 1. The van der Waals surface area contributed by atoms with E-state index in [0.29, 0.717) is 22.6 Å². The van der Waals surface area contributed by atoms with Crippen LogP contribution < -0.4 is 14.8 Å². The van der Waals surface area contributed by atoms with Gasteiger partial charge in [0.25, 0.3) is 0 Å². The van der Waals surface area contributed by atoms with Crippen LogP contribution in [0.1, 0.15) is 25.7 Å². The molecule has 1 aromatic rings. The van der Waals surface area contributed by atoms with E-state index in [1.807, 2.05) is 12.1 Å². The van der Waals surface area contributed by atoms with Crippen LogP contribution in [0.4, 0.5) is 5.69 Å². The molecule has 0 bridgehead atoms. The normalized spacial score (nSPS) is 25.5. The van der Waals surface area contributed by atoms with Crippen LogP contribution in [0.3, 0.4) is 0 Å². The molecule has 21 heavy (non-hydrogen) atoms. The zero-order valence-corrected chi connectivity index (χ0v) is 13.4. The van der Waals surface area contributed by atoms with Crippen molar-refractivity contribution < 1.29 is 9.47 Å². The van der Waals surface area contributed by atoms with Crippen molar-refractivity contribution in [2.24, 2.45) is 0 Å². The summed E-state index contributed by atoms with van der Waals surface area (Å²) in [4.78, 5) is 2.62. The molecule has 0 spiro atoms. The maximum Gasteiger partial charge on any atom is 0.162 e. The Balaban J connectivity index is 1.72. The number of anilines is 1. The van der Waals surface area contributed by atoms with Gasteiger partial charge in [0.15, 0.2) is 11.5 Å². The summed E-state index contributed by atoms with van der Waals surface area (Å²) in [5.41, 5.74) is 0.936. The summed E-state index contributed by atoms with van der Waals surface area (Å²) in [5.74, 6) is 1.38. The van der Waals surface area contributed by atoms with Crippen LogP contribution in [-0.2, 0) is 0 Å². The van der Waals surface area contributed by atoms with E-state index in [4.69, 9.17) is 21.1 Å². The summed E-state index contributed by atoms with van der Waals surface area (Å²) < 4.78 is 10.6. The Bertz CT molecular complexity index is 509. The van der Waals surface area contributed by atoms with E-state index >= 15 is 0 Å². The molecule has 2 heterocycles. The summed E-state index contributed by atoms with van der Waals surface area (Å²) >= 11 is 6.36. The van der Waals surface area contributed by atoms with Gasteiger partial charge >= 0.3 is 0 Å². The van der Waals surface area contributed by atoms with Crippen molar-refractivity contribution in [2.75, 3.05) is 32.6 Å². The number of rotatable bonds is 4. The molecule has 0 aliphatic carbocycles. The van der Waals surface area contributed by atoms with Gasteiger partial charge in [0.2, 0.25) is 0 Å². The van der Waals surface area contributed by atoms with Gasteiger partial charge in [-0.2, -0.15) is 0 Å². The smallest absolute Gasteiger partial charge is 0.162 e. The summed E-state index contributed by atoms with van der Waals surface area (Å²) in [7, 11) is 3.27. The fraction of sp³-hybridized carbons (Fsp3) is 0.625. The Morgan fingerprint density at radius 2 is 1.90 bits per heavy atom. The minimum Gasteiger partial charge on any atom is -0.493 e. The number of hydrogen-bond acceptors (Lipinski definition) is 4. The third-order valence-corrected chi connectivity index (χ3v) is 4.97. The van der Waals surface area contributed by atoms with E-state index in [1.54, 1.807) is 14.2 Å². The topological polar surface area (TPSA) is 33.7 Å². The largest absolute Gasteiger partial charge is 0.493 e. The van der Waals surface area contributed by atoms with Gasteiger partial charge in [-0.25, -0.2) is 0 Å². The van der Waals surface area contributed by atoms with E-state index in [2.05, 4.69) is 10.2 Å². The number of ether oxygens (including phenoxy) is 2. The predicted octanol–water partition coefficient (Wildman–Crippen LogP) is 3.40. The summed E-state index contributed by atoms with van der Waals surface area (Å²) in [6.07, 6.45) is 5.04. The lowest BCUT2D eigenvalue weighted by atomic mass is 9.97. The molecule has 2 fully saturated rings. The number of methoxy groups -OCH3 is 2. The lowest BCUT2D eigenvalue weighted by Crippen LogP contribution is -2.42. The van der Waals surface area contributed by atoms with Crippen molar-refractivity contribution in [1.29, 1.82) is 0 Å². The summed E-state index contributed by atoms with van der Waals surface area (Å²) in [6, 6.07) is 4.98. The first kappa shape index (κ1) is 14.8. The Kier molecular flexibility index (Phi) is 4.45. The molecule has 3 rings (SSSR count). The van der Waals surface area contributed by atoms with Gasteiger partial charge < -0.3 is 19.7 Å². The van der Waals surface area contributed by atoms with Crippen LogP contribution >= 0.6 is 11.6 Å². The van der Waals surface area contributed by atoms with Crippen molar-refractivity contribution in [3.05, 3.63) is 17.2 Å². The molecule has 0 radical (unpaired) electrons. The van der Waals surface area contributed by atoms with Gasteiger partial charge in [0.1, 0.15) is 0 Å². The van der Waals surface area contributed by atoms with Gasteiger partial charge in [-0.1, -0.05) is 11.6 Å². The van der Waals surface area contributed by atoms with Crippen molar-refractivity contribution in [1.82, 2.24) is 4.90 Å². The molecule has 116 valence electrons. The van der Waals surface area contributed by atoms with Gasteiger partial charge in [0, 0.05) is 30.8 Å². The first-order valence-corrected chi connectivity index (χ1v) is 8.01. The van der Waals surface area contributed by atoms with Crippen LogP contribution in [0.5, 0.6) is 11.5 Å². The SMILES string of the molecule is COc1cc(Cl)c(NC2CCN3CCCC3C2)cc1OC. The lowest BCUT2D eigenvalue weighted by Gasteiger charge is -2.35. The molecule has 2 aliphatic rings. The van der Waals surface area contributed by atoms with Gasteiger partial charge in [-0.05, 0) is 32.2 Å². The average molecular weight is 311 g/mol. The molecule has 4 nitrogen and oxygen atoms in total. The van der Waals surface area contributed by atoms with E-state index in [1.165, 1.54) is 38.8 Å². The Hall–Kier alpha value is -1.13. The molecule has 0 amide bonds. The third-order valence-electron chi connectivity index (χ3n) is 4.65. The monoisotopic (exact) mass is 310 g/mol. The molecule has 5 heteroatoms. The quantitative estimate of drug-likeness (QED) is 0.924. The molecule has 2 atom stereocenters. The predicted molar refractivity (Wildman–Crippen MR) is 85.8 cm³/mol. The molecule has 1 aromatic carbocycles. The highest BCUT2D eigenvalue weighted by Gasteiger charge is 2.31. The van der Waals surface area contributed by atoms with Crippen molar-refractivity contribution in [2.45, 2.75) is 37.8 Å².